The molecule has 0 bridgehead atoms. The van der Waals surface area contributed by atoms with E-state index in [1.54, 1.807) is 6.07 Å². The van der Waals surface area contributed by atoms with Crippen LogP contribution >= 0.6 is 0 Å². The Bertz CT molecular complexity index is 321. The lowest BCUT2D eigenvalue weighted by Gasteiger charge is -2.14. The van der Waals surface area contributed by atoms with Gasteiger partial charge >= 0.3 is 6.09 Å². The van der Waals surface area contributed by atoms with Crippen molar-refractivity contribution in [2.45, 2.75) is 33.6 Å². The number of carboxylic acid groups (broad SMARTS) is 1. The minimum Gasteiger partial charge on any atom is -0.465 e. The van der Waals surface area contributed by atoms with Gasteiger partial charge in [-0.15, -0.1) is 0 Å². The summed E-state index contributed by atoms with van der Waals surface area (Å²) in [5, 5.41) is 8.69. The van der Waals surface area contributed by atoms with Gasteiger partial charge in [0.15, 0.2) is 0 Å². The second-order valence-corrected chi connectivity index (χ2v) is 3.63. The molecule has 0 aliphatic heterocycles. The van der Waals surface area contributed by atoms with Gasteiger partial charge in [-0.1, -0.05) is 44.9 Å². The number of carbonyl (C=O) groups is 1. The van der Waals surface area contributed by atoms with E-state index >= 15 is 0 Å². The second-order valence-electron chi connectivity index (χ2n) is 3.63. The van der Waals surface area contributed by atoms with Crippen LogP contribution in [0.25, 0.3) is 0 Å². The SMILES string of the molecule is CCCC.Cc1ccccc1N(C)C(=O)O. The molecule has 0 aromatic heterocycles. The maximum atomic E-state index is 10.6. The molecule has 0 unspecified atom stereocenters. The van der Waals surface area contributed by atoms with Crippen molar-refractivity contribution in [1.29, 1.82) is 0 Å². The number of hydrogen-bond acceptors (Lipinski definition) is 1. The molecule has 0 fully saturated rings. The zero-order valence-corrected chi connectivity index (χ0v) is 10.5. The summed E-state index contributed by atoms with van der Waals surface area (Å²) in [6.45, 7) is 6.24. The van der Waals surface area contributed by atoms with Crippen LogP contribution < -0.4 is 4.90 Å². The van der Waals surface area contributed by atoms with Crippen LogP contribution in [0, 0.1) is 6.92 Å². The van der Waals surface area contributed by atoms with Crippen LogP contribution in [0.2, 0.25) is 0 Å². The van der Waals surface area contributed by atoms with Gasteiger partial charge in [0, 0.05) is 12.7 Å². The van der Waals surface area contributed by atoms with E-state index in [1.165, 1.54) is 24.8 Å². The van der Waals surface area contributed by atoms with Gasteiger partial charge in [-0.3, -0.25) is 4.90 Å². The van der Waals surface area contributed by atoms with E-state index < -0.39 is 6.09 Å². The Labute approximate surface area is 97.7 Å². The molecule has 3 nitrogen and oxygen atoms in total. The van der Waals surface area contributed by atoms with Crippen molar-refractivity contribution in [2.24, 2.45) is 0 Å². The molecule has 16 heavy (non-hydrogen) atoms. The van der Waals surface area contributed by atoms with Crippen molar-refractivity contribution in [3.05, 3.63) is 29.8 Å². The Morgan fingerprint density at radius 1 is 1.25 bits per heavy atom. The van der Waals surface area contributed by atoms with Crippen molar-refractivity contribution in [3.63, 3.8) is 0 Å². The molecule has 1 N–H and O–H groups in total. The first-order valence-electron chi connectivity index (χ1n) is 5.56. The number of aryl methyl sites for hydroxylation is 1. The lowest BCUT2D eigenvalue weighted by atomic mass is 10.2. The Kier molecular flexibility index (Phi) is 7.01. The maximum Gasteiger partial charge on any atom is 0.411 e. The van der Waals surface area contributed by atoms with E-state index in [1.807, 2.05) is 25.1 Å². The summed E-state index contributed by atoms with van der Waals surface area (Å²) >= 11 is 0. The van der Waals surface area contributed by atoms with Gasteiger partial charge in [-0.25, -0.2) is 4.79 Å². The van der Waals surface area contributed by atoms with Crippen molar-refractivity contribution >= 4 is 11.8 Å². The van der Waals surface area contributed by atoms with Crippen molar-refractivity contribution in [2.75, 3.05) is 11.9 Å². The van der Waals surface area contributed by atoms with Crippen LogP contribution in [0.1, 0.15) is 32.3 Å². The van der Waals surface area contributed by atoms with Gasteiger partial charge in [0.2, 0.25) is 0 Å². The number of hydrogen-bond donors (Lipinski definition) is 1. The van der Waals surface area contributed by atoms with Crippen LogP contribution in [-0.2, 0) is 0 Å². The first-order chi connectivity index (χ1) is 7.54. The van der Waals surface area contributed by atoms with Gasteiger partial charge in [-0.05, 0) is 18.6 Å². The van der Waals surface area contributed by atoms with E-state index in [4.69, 9.17) is 5.11 Å². The molecule has 90 valence electrons. The molecule has 0 atom stereocenters. The number of nitrogens with zero attached hydrogens (tertiary/aromatic N) is 1. The summed E-state index contributed by atoms with van der Waals surface area (Å²) < 4.78 is 0. The smallest absolute Gasteiger partial charge is 0.411 e. The fourth-order valence-electron chi connectivity index (χ4n) is 1.04. The van der Waals surface area contributed by atoms with E-state index in [9.17, 15) is 4.79 Å². The van der Waals surface area contributed by atoms with Crippen molar-refractivity contribution < 1.29 is 9.90 Å². The predicted octanol–water partition coefficient (Wildman–Crippen LogP) is 3.92. The normalized spacial score (nSPS) is 9.00. The molecule has 1 aromatic carbocycles. The quantitative estimate of drug-likeness (QED) is 0.825. The molecule has 0 radical (unpaired) electrons. The first kappa shape index (κ1) is 14.5. The summed E-state index contributed by atoms with van der Waals surface area (Å²) in [6.07, 6.45) is 1.70. The van der Waals surface area contributed by atoms with Gasteiger partial charge in [0.1, 0.15) is 0 Å². The third kappa shape index (κ3) is 4.82. The number of para-hydroxylation sites is 1. The Hall–Kier alpha value is -1.51. The fraction of sp³-hybridized carbons (Fsp3) is 0.462. The molecular weight excluding hydrogens is 202 g/mol. The lowest BCUT2D eigenvalue weighted by molar-refractivity contribution is 0.203. The van der Waals surface area contributed by atoms with Gasteiger partial charge in [0.25, 0.3) is 0 Å². The van der Waals surface area contributed by atoms with Crippen LogP contribution in [-0.4, -0.2) is 18.2 Å². The molecule has 0 aliphatic carbocycles. The van der Waals surface area contributed by atoms with Crippen molar-refractivity contribution in [3.8, 4) is 0 Å². The maximum absolute atomic E-state index is 10.6. The average Bonchev–Trinajstić information content (AvgIpc) is 2.29. The molecule has 0 saturated heterocycles. The lowest BCUT2D eigenvalue weighted by Crippen LogP contribution is -2.24. The monoisotopic (exact) mass is 223 g/mol. The fourth-order valence-corrected chi connectivity index (χ4v) is 1.04. The predicted molar refractivity (Wildman–Crippen MR) is 68.2 cm³/mol. The minimum absolute atomic E-state index is 0.727. The van der Waals surface area contributed by atoms with E-state index in [2.05, 4.69) is 13.8 Å². The Morgan fingerprint density at radius 2 is 1.75 bits per heavy atom. The zero-order valence-electron chi connectivity index (χ0n) is 10.5. The largest absolute Gasteiger partial charge is 0.465 e. The molecular formula is C13H21NO2. The molecule has 0 aliphatic rings. The van der Waals surface area contributed by atoms with E-state index in [0.29, 0.717) is 0 Å². The van der Waals surface area contributed by atoms with Crippen molar-refractivity contribution in [1.82, 2.24) is 0 Å². The number of anilines is 1. The molecule has 1 rings (SSSR count). The summed E-state index contributed by atoms with van der Waals surface area (Å²) in [5.41, 5.74) is 1.69. The molecule has 0 spiro atoms. The third-order valence-electron chi connectivity index (χ3n) is 2.26. The molecule has 3 heteroatoms. The van der Waals surface area contributed by atoms with Gasteiger partial charge in [-0.2, -0.15) is 0 Å². The Balaban J connectivity index is 0.000000487. The summed E-state index contributed by atoms with van der Waals surface area (Å²) in [7, 11) is 1.53. The third-order valence-corrected chi connectivity index (χ3v) is 2.26. The van der Waals surface area contributed by atoms with Gasteiger partial charge in [0.05, 0.1) is 0 Å². The number of unbranched alkanes of at least 4 members (excludes halogenated alkanes) is 1. The Morgan fingerprint density at radius 3 is 2.12 bits per heavy atom. The van der Waals surface area contributed by atoms with Crippen LogP contribution in [0.4, 0.5) is 10.5 Å². The topological polar surface area (TPSA) is 40.5 Å². The summed E-state index contributed by atoms with van der Waals surface area (Å²) in [6, 6.07) is 7.37. The van der Waals surface area contributed by atoms with E-state index in [0.717, 1.165) is 11.3 Å². The summed E-state index contributed by atoms with van der Waals surface area (Å²) in [5.74, 6) is 0. The second kappa shape index (κ2) is 7.74. The van der Waals surface area contributed by atoms with E-state index in [-0.39, 0.29) is 0 Å². The molecule has 0 heterocycles. The zero-order chi connectivity index (χ0) is 12.6. The molecule has 1 amide bonds. The van der Waals surface area contributed by atoms with Gasteiger partial charge < -0.3 is 5.11 Å². The standard InChI is InChI=1S/C9H11NO2.C4H10/c1-7-5-3-4-6-8(7)10(2)9(11)12;1-3-4-2/h3-6H,1-2H3,(H,11,12);3-4H2,1-2H3. The minimum atomic E-state index is -0.940. The highest BCUT2D eigenvalue weighted by Gasteiger charge is 2.09. The van der Waals surface area contributed by atoms with Crippen LogP contribution in [0.3, 0.4) is 0 Å². The number of benzene rings is 1. The highest BCUT2D eigenvalue weighted by atomic mass is 16.4. The first-order valence-corrected chi connectivity index (χ1v) is 5.56. The number of amides is 1. The van der Waals surface area contributed by atoms with Crippen LogP contribution in [0.5, 0.6) is 0 Å². The summed E-state index contributed by atoms with van der Waals surface area (Å²) in [4.78, 5) is 11.8. The number of rotatable bonds is 2. The molecule has 0 saturated carbocycles. The average molecular weight is 223 g/mol. The highest BCUT2D eigenvalue weighted by molar-refractivity contribution is 5.86. The molecule has 1 aromatic rings. The van der Waals surface area contributed by atoms with Crippen LogP contribution in [0.15, 0.2) is 24.3 Å². The highest BCUT2D eigenvalue weighted by Crippen LogP contribution is 2.17.